The van der Waals surface area contributed by atoms with Crippen LogP contribution in [0.5, 0.6) is 0 Å². The first-order chi connectivity index (χ1) is 23.4. The van der Waals surface area contributed by atoms with E-state index >= 15 is 0 Å². The predicted molar refractivity (Wildman–Crippen MR) is 181 cm³/mol. The van der Waals surface area contributed by atoms with Crippen LogP contribution in [0, 0.1) is 23.2 Å². The summed E-state index contributed by atoms with van der Waals surface area (Å²) in [5.41, 5.74) is -0.638. The number of rotatable bonds is 13. The molecule has 6 atom stereocenters. The molecule has 4 fully saturated rings. The van der Waals surface area contributed by atoms with Crippen molar-refractivity contribution in [1.82, 2.24) is 36.1 Å². The fourth-order valence-corrected chi connectivity index (χ4v) is 7.87. The number of carbonyl (C=O) groups is 6. The number of Topliss-reactive ketones (excluding diaryl/α,β-unsaturated/α-hetero) is 1. The fraction of sp³-hybridized carbons (Fsp3) is 0.722. The monoisotopic (exact) mass is 679 g/mol. The third-order valence-corrected chi connectivity index (χ3v) is 10.7. The van der Waals surface area contributed by atoms with Crippen molar-refractivity contribution in [3.63, 3.8) is 0 Å². The van der Waals surface area contributed by atoms with Gasteiger partial charge in [-0.3, -0.25) is 33.8 Å². The van der Waals surface area contributed by atoms with Crippen molar-refractivity contribution < 1.29 is 28.8 Å². The standard InChI is InChI=1S/C36H53N7O6/c1-5-10-25(29(44)34(48)39-23-15-16-23)40-33(47)28-24-14-9-13-22(24)20-43(28)35(49)30(36(2,3)4)42-32(46)27(21-11-7-6-8-12-21)41-31(45)26-19-37-17-18-38-26/h17-19,21-25,27-28,30H,5-16,20H2,1-4H3,(H,39,48)(H,40,47)(H,41,45)(H,42,46)/t22?,24?,25-,27+,28-,30-/m0/s1. The lowest BCUT2D eigenvalue weighted by Crippen LogP contribution is -2.62. The van der Waals surface area contributed by atoms with Crippen LogP contribution in [0.15, 0.2) is 18.6 Å². The molecule has 3 aliphatic carbocycles. The van der Waals surface area contributed by atoms with E-state index in [-0.39, 0.29) is 35.4 Å². The highest BCUT2D eigenvalue weighted by Crippen LogP contribution is 2.43. The van der Waals surface area contributed by atoms with Gasteiger partial charge in [-0.1, -0.05) is 59.8 Å². The molecule has 1 aromatic heterocycles. The van der Waals surface area contributed by atoms with Gasteiger partial charge in [0.1, 0.15) is 23.8 Å². The van der Waals surface area contributed by atoms with E-state index in [0.717, 1.165) is 64.2 Å². The number of likely N-dealkylation sites (tertiary alicyclic amines) is 1. The first kappa shape index (κ1) is 36.4. The summed E-state index contributed by atoms with van der Waals surface area (Å²) in [5, 5.41) is 11.5. The molecule has 0 aromatic carbocycles. The van der Waals surface area contributed by atoms with Crippen molar-refractivity contribution >= 4 is 35.3 Å². The number of aromatic nitrogens is 2. The van der Waals surface area contributed by atoms with Crippen LogP contribution in [-0.2, 0) is 24.0 Å². The molecule has 2 unspecified atom stereocenters. The largest absolute Gasteiger partial charge is 0.347 e. The minimum Gasteiger partial charge on any atom is -0.347 e. The van der Waals surface area contributed by atoms with Crippen LogP contribution >= 0.6 is 0 Å². The summed E-state index contributed by atoms with van der Waals surface area (Å²) in [6.07, 6.45) is 13.9. The third-order valence-electron chi connectivity index (χ3n) is 10.7. The number of nitrogens with zero attached hydrogens (tertiary/aromatic N) is 3. The minimum atomic E-state index is -0.994. The van der Waals surface area contributed by atoms with Gasteiger partial charge >= 0.3 is 0 Å². The van der Waals surface area contributed by atoms with Gasteiger partial charge in [0.05, 0.1) is 12.2 Å². The molecule has 268 valence electrons. The van der Waals surface area contributed by atoms with Crippen molar-refractivity contribution in [2.45, 2.75) is 135 Å². The normalized spacial score (nSPS) is 24.2. The van der Waals surface area contributed by atoms with Crippen LogP contribution in [0.3, 0.4) is 0 Å². The van der Waals surface area contributed by atoms with Crippen molar-refractivity contribution in [2.75, 3.05) is 6.54 Å². The highest BCUT2D eigenvalue weighted by molar-refractivity contribution is 6.38. The van der Waals surface area contributed by atoms with Gasteiger partial charge in [0.2, 0.25) is 23.5 Å². The molecule has 0 spiro atoms. The maximum absolute atomic E-state index is 14.6. The van der Waals surface area contributed by atoms with Gasteiger partial charge in [-0.15, -0.1) is 0 Å². The first-order valence-electron chi connectivity index (χ1n) is 18.2. The summed E-state index contributed by atoms with van der Waals surface area (Å²) in [4.78, 5) is 91.4. The summed E-state index contributed by atoms with van der Waals surface area (Å²) in [7, 11) is 0. The number of amides is 5. The lowest BCUT2D eigenvalue weighted by molar-refractivity contribution is -0.146. The van der Waals surface area contributed by atoms with E-state index in [1.807, 2.05) is 27.7 Å². The lowest BCUT2D eigenvalue weighted by Gasteiger charge is -2.38. The number of ketones is 1. The zero-order valence-electron chi connectivity index (χ0n) is 29.3. The molecular weight excluding hydrogens is 626 g/mol. The van der Waals surface area contributed by atoms with E-state index in [9.17, 15) is 28.8 Å². The molecule has 2 heterocycles. The predicted octanol–water partition coefficient (Wildman–Crippen LogP) is 2.45. The summed E-state index contributed by atoms with van der Waals surface area (Å²) >= 11 is 0. The lowest BCUT2D eigenvalue weighted by atomic mass is 9.82. The zero-order chi connectivity index (χ0) is 35.3. The second kappa shape index (κ2) is 15.8. The number of fused-ring (bicyclic) bond motifs is 1. The van der Waals surface area contributed by atoms with Gasteiger partial charge in [-0.25, -0.2) is 4.98 Å². The van der Waals surface area contributed by atoms with Crippen LogP contribution in [-0.4, -0.2) is 86.9 Å². The van der Waals surface area contributed by atoms with E-state index in [1.165, 1.54) is 18.6 Å². The second-order valence-electron chi connectivity index (χ2n) is 15.5. The van der Waals surface area contributed by atoms with E-state index in [1.54, 1.807) is 4.90 Å². The first-order valence-corrected chi connectivity index (χ1v) is 18.2. The van der Waals surface area contributed by atoms with Gasteiger partial charge < -0.3 is 26.2 Å². The fourth-order valence-electron chi connectivity index (χ4n) is 7.87. The molecule has 1 aliphatic heterocycles. The van der Waals surface area contributed by atoms with Crippen LogP contribution in [0.1, 0.15) is 115 Å². The van der Waals surface area contributed by atoms with E-state index in [0.29, 0.717) is 19.4 Å². The van der Waals surface area contributed by atoms with Crippen LogP contribution < -0.4 is 21.3 Å². The summed E-state index contributed by atoms with van der Waals surface area (Å²) in [6, 6.07) is -3.68. The molecule has 0 bridgehead atoms. The number of hydrogen-bond acceptors (Lipinski definition) is 8. The second-order valence-corrected chi connectivity index (χ2v) is 15.5. The minimum absolute atomic E-state index is 0.0132. The molecule has 0 radical (unpaired) electrons. The molecule has 5 amide bonds. The number of hydrogen-bond donors (Lipinski definition) is 4. The van der Waals surface area contributed by atoms with Crippen molar-refractivity contribution in [3.8, 4) is 0 Å². The molecular formula is C36H53N7O6. The Hall–Kier alpha value is -3.90. The maximum Gasteiger partial charge on any atom is 0.289 e. The number of carbonyl (C=O) groups excluding carboxylic acids is 6. The van der Waals surface area contributed by atoms with E-state index in [4.69, 9.17) is 0 Å². The Morgan fingerprint density at radius 1 is 0.898 bits per heavy atom. The molecule has 13 heteroatoms. The van der Waals surface area contributed by atoms with Gasteiger partial charge in [0.25, 0.3) is 11.8 Å². The maximum atomic E-state index is 14.6. The summed E-state index contributed by atoms with van der Waals surface area (Å²) in [6.45, 7) is 7.85. The van der Waals surface area contributed by atoms with Crippen LogP contribution in [0.2, 0.25) is 0 Å². The topological polar surface area (TPSA) is 180 Å². The molecule has 1 saturated heterocycles. The SMILES string of the molecule is CCC[C@H](NC(=O)[C@@H]1C2CCCC2CN1C(=O)[C@H](NC(=O)[C@H](NC(=O)c1cnccn1)C1CCCCC1)C(C)(C)C)C(=O)C(=O)NC1CC1. The molecule has 4 aliphatic rings. The smallest absolute Gasteiger partial charge is 0.289 e. The molecule has 13 nitrogen and oxygen atoms in total. The molecule has 1 aromatic rings. The van der Waals surface area contributed by atoms with Crippen molar-refractivity contribution in [3.05, 3.63) is 24.3 Å². The van der Waals surface area contributed by atoms with E-state index < -0.39 is 59.0 Å². The Balaban J connectivity index is 1.36. The Kier molecular flexibility index (Phi) is 11.7. The van der Waals surface area contributed by atoms with Crippen LogP contribution in [0.4, 0.5) is 0 Å². The average Bonchev–Trinajstić information content (AvgIpc) is 3.65. The zero-order valence-corrected chi connectivity index (χ0v) is 29.3. The highest BCUT2D eigenvalue weighted by Gasteiger charge is 2.52. The number of nitrogens with one attached hydrogen (secondary N) is 4. The Morgan fingerprint density at radius 2 is 1.63 bits per heavy atom. The van der Waals surface area contributed by atoms with Crippen molar-refractivity contribution in [2.24, 2.45) is 23.2 Å². The van der Waals surface area contributed by atoms with Crippen molar-refractivity contribution in [1.29, 1.82) is 0 Å². The Labute approximate surface area is 288 Å². The average molecular weight is 680 g/mol. The summed E-state index contributed by atoms with van der Waals surface area (Å²) < 4.78 is 0. The molecule has 5 rings (SSSR count). The Bertz CT molecular complexity index is 1390. The van der Waals surface area contributed by atoms with Gasteiger partial charge in [-0.05, 0) is 68.1 Å². The highest BCUT2D eigenvalue weighted by atomic mass is 16.2. The quantitative estimate of drug-likeness (QED) is 0.230. The van der Waals surface area contributed by atoms with Gasteiger partial charge in [-0.2, -0.15) is 0 Å². The summed E-state index contributed by atoms with van der Waals surface area (Å²) in [5.74, 6) is -3.20. The van der Waals surface area contributed by atoms with Crippen LogP contribution in [0.25, 0.3) is 0 Å². The van der Waals surface area contributed by atoms with E-state index in [2.05, 4.69) is 31.2 Å². The molecule has 49 heavy (non-hydrogen) atoms. The third kappa shape index (κ3) is 8.83. The van der Waals surface area contributed by atoms with Gasteiger partial charge in [0.15, 0.2) is 0 Å². The molecule has 4 N–H and O–H groups in total. The molecule has 3 saturated carbocycles. The van der Waals surface area contributed by atoms with Gasteiger partial charge in [0, 0.05) is 25.0 Å². The Morgan fingerprint density at radius 3 is 2.27 bits per heavy atom.